The van der Waals surface area contributed by atoms with E-state index in [0.29, 0.717) is 10.6 Å². The first-order valence-corrected chi connectivity index (χ1v) is 7.43. The smallest absolute Gasteiger partial charge is 0.338 e. The molecule has 0 amide bonds. The Kier molecular flexibility index (Phi) is 5.39. The topological polar surface area (TPSA) is 43.4 Å². The summed E-state index contributed by atoms with van der Waals surface area (Å²) < 4.78 is 5.83. The van der Waals surface area contributed by atoms with Gasteiger partial charge in [0.1, 0.15) is 0 Å². The number of hydrogen-bond donors (Lipinski definition) is 0. The third-order valence-corrected chi connectivity index (χ3v) is 3.92. The van der Waals surface area contributed by atoms with Gasteiger partial charge in [0.2, 0.25) is 0 Å². The number of esters is 1. The van der Waals surface area contributed by atoms with E-state index in [-0.39, 0.29) is 23.0 Å². The summed E-state index contributed by atoms with van der Waals surface area (Å²) in [4.78, 5) is 23.7. The Bertz CT molecular complexity index is 684. The van der Waals surface area contributed by atoms with Crippen LogP contribution in [0, 0.1) is 0 Å². The molecule has 3 nitrogen and oxygen atoms in total. The average molecular weight is 388 g/mol. The van der Waals surface area contributed by atoms with Crippen molar-refractivity contribution in [2.75, 3.05) is 6.61 Å². The molecular weight excluding hydrogens is 379 g/mol. The Hall–Kier alpha value is -1.36. The first kappa shape index (κ1) is 16.0. The van der Waals surface area contributed by atoms with Crippen LogP contribution in [0.15, 0.2) is 46.9 Å². The molecular formula is C15H9BrCl2O3. The van der Waals surface area contributed by atoms with Gasteiger partial charge in [0.05, 0.1) is 15.6 Å². The van der Waals surface area contributed by atoms with Gasteiger partial charge in [-0.05, 0) is 30.3 Å². The molecule has 21 heavy (non-hydrogen) atoms. The molecule has 108 valence electrons. The van der Waals surface area contributed by atoms with E-state index in [4.69, 9.17) is 27.9 Å². The van der Waals surface area contributed by atoms with Gasteiger partial charge in [0, 0.05) is 10.0 Å². The highest BCUT2D eigenvalue weighted by Crippen LogP contribution is 2.23. The maximum absolute atomic E-state index is 11.9. The van der Waals surface area contributed by atoms with Gasteiger partial charge in [0.25, 0.3) is 0 Å². The van der Waals surface area contributed by atoms with Gasteiger partial charge >= 0.3 is 5.97 Å². The van der Waals surface area contributed by atoms with Crippen LogP contribution in [0.25, 0.3) is 0 Å². The van der Waals surface area contributed by atoms with Crippen molar-refractivity contribution in [2.45, 2.75) is 0 Å². The molecule has 0 aromatic heterocycles. The van der Waals surface area contributed by atoms with Crippen molar-refractivity contribution in [3.05, 3.63) is 68.1 Å². The number of ether oxygens (including phenoxy) is 1. The second kappa shape index (κ2) is 7.07. The molecule has 2 aromatic rings. The standard InChI is InChI=1S/C15H9BrCl2O3/c16-11-4-1-9(2-5-11)14(19)8-21-15(20)10-3-6-12(17)13(18)7-10/h1-7H,8H2. The SMILES string of the molecule is O=C(COC(=O)c1ccc(Cl)c(Cl)c1)c1ccc(Br)cc1. The average Bonchev–Trinajstić information content (AvgIpc) is 2.48. The van der Waals surface area contributed by atoms with E-state index in [1.165, 1.54) is 18.2 Å². The Morgan fingerprint density at radius 3 is 2.19 bits per heavy atom. The molecule has 0 aliphatic rings. The van der Waals surface area contributed by atoms with E-state index in [2.05, 4.69) is 15.9 Å². The van der Waals surface area contributed by atoms with Gasteiger partial charge < -0.3 is 4.74 Å². The number of hydrogen-bond acceptors (Lipinski definition) is 3. The maximum atomic E-state index is 11.9. The van der Waals surface area contributed by atoms with Gasteiger partial charge in [-0.25, -0.2) is 4.79 Å². The van der Waals surface area contributed by atoms with Gasteiger partial charge in [-0.15, -0.1) is 0 Å². The van der Waals surface area contributed by atoms with Crippen molar-refractivity contribution in [2.24, 2.45) is 0 Å². The minimum absolute atomic E-state index is 0.244. The first-order chi connectivity index (χ1) is 9.97. The fraction of sp³-hybridized carbons (Fsp3) is 0.0667. The summed E-state index contributed by atoms with van der Waals surface area (Å²) in [6.07, 6.45) is 0. The summed E-state index contributed by atoms with van der Waals surface area (Å²) in [5.74, 6) is -0.907. The molecule has 0 radical (unpaired) electrons. The summed E-state index contributed by atoms with van der Waals surface area (Å²) in [6, 6.07) is 11.2. The van der Waals surface area contributed by atoms with Crippen LogP contribution in [0.5, 0.6) is 0 Å². The molecule has 6 heteroatoms. The predicted octanol–water partition coefficient (Wildman–Crippen LogP) is 4.80. The summed E-state index contributed by atoms with van der Waals surface area (Å²) in [5.41, 5.74) is 0.716. The third kappa shape index (κ3) is 4.30. The predicted molar refractivity (Wildman–Crippen MR) is 85.2 cm³/mol. The third-order valence-electron chi connectivity index (χ3n) is 2.66. The number of benzene rings is 2. The van der Waals surface area contributed by atoms with Crippen LogP contribution in [0.4, 0.5) is 0 Å². The molecule has 0 aliphatic carbocycles. The van der Waals surface area contributed by atoms with Crippen molar-refractivity contribution in [3.8, 4) is 0 Å². The lowest BCUT2D eigenvalue weighted by Gasteiger charge is -2.05. The van der Waals surface area contributed by atoms with Crippen molar-refractivity contribution in [1.82, 2.24) is 0 Å². The largest absolute Gasteiger partial charge is 0.454 e. The van der Waals surface area contributed by atoms with Gasteiger partial charge in [-0.3, -0.25) is 4.79 Å². The quantitative estimate of drug-likeness (QED) is 0.559. The van der Waals surface area contributed by atoms with E-state index in [1.54, 1.807) is 24.3 Å². The zero-order valence-corrected chi connectivity index (χ0v) is 13.7. The lowest BCUT2D eigenvalue weighted by Crippen LogP contribution is -2.14. The summed E-state index contributed by atoms with van der Waals surface area (Å²) >= 11 is 14.9. The lowest BCUT2D eigenvalue weighted by molar-refractivity contribution is 0.0475. The molecule has 2 aromatic carbocycles. The fourth-order valence-electron chi connectivity index (χ4n) is 1.56. The summed E-state index contributed by atoms with van der Waals surface area (Å²) in [6.45, 7) is -0.333. The van der Waals surface area contributed by atoms with Crippen molar-refractivity contribution >= 4 is 50.9 Å². The van der Waals surface area contributed by atoms with Crippen LogP contribution in [-0.4, -0.2) is 18.4 Å². The highest BCUT2D eigenvalue weighted by Gasteiger charge is 2.13. The van der Waals surface area contributed by atoms with Crippen LogP contribution in [-0.2, 0) is 4.74 Å². The Morgan fingerprint density at radius 1 is 0.952 bits per heavy atom. The molecule has 0 unspecified atom stereocenters. The molecule has 0 fully saturated rings. The van der Waals surface area contributed by atoms with E-state index in [9.17, 15) is 9.59 Å². The van der Waals surface area contributed by atoms with Crippen molar-refractivity contribution in [3.63, 3.8) is 0 Å². The highest BCUT2D eigenvalue weighted by atomic mass is 79.9. The summed E-state index contributed by atoms with van der Waals surface area (Å²) in [7, 11) is 0. The number of ketones is 1. The molecule has 0 bridgehead atoms. The molecule has 0 spiro atoms. The van der Waals surface area contributed by atoms with Gasteiger partial charge in [-0.2, -0.15) is 0 Å². The second-order valence-electron chi connectivity index (χ2n) is 4.14. The Labute approximate surface area is 139 Å². The van der Waals surface area contributed by atoms with E-state index < -0.39 is 5.97 Å². The van der Waals surface area contributed by atoms with Crippen LogP contribution >= 0.6 is 39.1 Å². The van der Waals surface area contributed by atoms with Gasteiger partial charge in [-0.1, -0.05) is 51.3 Å². The minimum atomic E-state index is -0.626. The number of halogens is 3. The van der Waals surface area contributed by atoms with Crippen LogP contribution in [0.3, 0.4) is 0 Å². The molecule has 0 atom stereocenters. The van der Waals surface area contributed by atoms with Crippen LogP contribution in [0.1, 0.15) is 20.7 Å². The fourth-order valence-corrected chi connectivity index (χ4v) is 2.12. The summed E-state index contributed by atoms with van der Waals surface area (Å²) in [5, 5.41) is 0.601. The molecule has 0 N–H and O–H groups in total. The monoisotopic (exact) mass is 386 g/mol. The minimum Gasteiger partial charge on any atom is -0.454 e. The number of carbonyl (C=O) groups excluding carboxylic acids is 2. The lowest BCUT2D eigenvalue weighted by atomic mass is 10.1. The van der Waals surface area contributed by atoms with E-state index in [1.807, 2.05) is 0 Å². The number of rotatable bonds is 4. The van der Waals surface area contributed by atoms with Gasteiger partial charge in [0.15, 0.2) is 12.4 Å². The number of carbonyl (C=O) groups is 2. The zero-order valence-electron chi connectivity index (χ0n) is 10.6. The number of Topliss-reactive ketones (excluding diaryl/α,β-unsaturated/α-hetero) is 1. The van der Waals surface area contributed by atoms with Crippen molar-refractivity contribution < 1.29 is 14.3 Å². The van der Waals surface area contributed by atoms with Crippen LogP contribution < -0.4 is 0 Å². The normalized spacial score (nSPS) is 10.2. The molecule has 2 rings (SSSR count). The maximum Gasteiger partial charge on any atom is 0.338 e. The molecule has 0 aliphatic heterocycles. The zero-order chi connectivity index (χ0) is 15.4. The Balaban J connectivity index is 1.98. The molecule has 0 saturated carbocycles. The Morgan fingerprint density at radius 2 is 1.57 bits per heavy atom. The van der Waals surface area contributed by atoms with E-state index >= 15 is 0 Å². The van der Waals surface area contributed by atoms with Crippen LogP contribution in [0.2, 0.25) is 10.0 Å². The van der Waals surface area contributed by atoms with Crippen molar-refractivity contribution in [1.29, 1.82) is 0 Å². The molecule has 0 saturated heterocycles. The highest BCUT2D eigenvalue weighted by molar-refractivity contribution is 9.10. The molecule has 0 heterocycles. The van der Waals surface area contributed by atoms with E-state index in [0.717, 1.165) is 4.47 Å². The first-order valence-electron chi connectivity index (χ1n) is 5.88. The second-order valence-corrected chi connectivity index (χ2v) is 5.87.